The Labute approximate surface area is 110 Å². The zero-order valence-corrected chi connectivity index (χ0v) is 10.9. The first-order valence-electron chi connectivity index (χ1n) is 5.31. The number of amides is 1. The molecule has 18 heavy (non-hydrogen) atoms. The Morgan fingerprint density at radius 2 is 2.06 bits per heavy atom. The summed E-state index contributed by atoms with van der Waals surface area (Å²) in [7, 11) is 0. The van der Waals surface area contributed by atoms with Gasteiger partial charge in [-0.3, -0.25) is 4.79 Å². The molecule has 5 nitrogen and oxygen atoms in total. The van der Waals surface area contributed by atoms with Gasteiger partial charge < -0.3 is 10.2 Å². The molecule has 1 aromatic carbocycles. The van der Waals surface area contributed by atoms with Gasteiger partial charge in [-0.15, -0.1) is 0 Å². The zero-order valence-electron chi connectivity index (χ0n) is 10.1. The number of benzene rings is 1. The second-order valence-corrected chi connectivity index (χ2v) is 4.60. The lowest BCUT2D eigenvalue weighted by atomic mass is 10.1. The molecule has 98 valence electrons. The number of nitrogens with one attached hydrogen (secondary N) is 1. The summed E-state index contributed by atoms with van der Waals surface area (Å²) < 4.78 is 0. The van der Waals surface area contributed by atoms with Gasteiger partial charge in [0.2, 0.25) is 0 Å². The highest BCUT2D eigenvalue weighted by atomic mass is 35.5. The van der Waals surface area contributed by atoms with Crippen LogP contribution in [0.3, 0.4) is 0 Å². The van der Waals surface area contributed by atoms with E-state index in [1.807, 2.05) is 0 Å². The molecule has 0 saturated carbocycles. The molecule has 1 amide bonds. The smallest absolute Gasteiger partial charge is 0.271 e. The molecule has 6 heteroatoms. The molecule has 0 fully saturated rings. The van der Waals surface area contributed by atoms with Gasteiger partial charge in [-0.05, 0) is 19.9 Å². The normalized spacial score (nSPS) is 12.4. The van der Waals surface area contributed by atoms with E-state index in [0.717, 1.165) is 0 Å². The van der Waals surface area contributed by atoms with Crippen LogP contribution >= 0.6 is 11.6 Å². The fourth-order valence-corrected chi connectivity index (χ4v) is 1.38. The van der Waals surface area contributed by atoms with Crippen molar-refractivity contribution < 1.29 is 15.0 Å². The summed E-state index contributed by atoms with van der Waals surface area (Å²) in [6.07, 6.45) is 0. The van der Waals surface area contributed by atoms with Crippen molar-refractivity contribution in [1.82, 2.24) is 5.43 Å². The van der Waals surface area contributed by atoms with Crippen LogP contribution in [0.4, 0.5) is 0 Å². The topological polar surface area (TPSA) is 81.9 Å². The Morgan fingerprint density at radius 3 is 2.56 bits per heavy atom. The van der Waals surface area contributed by atoms with Crippen molar-refractivity contribution in [3.8, 4) is 0 Å². The van der Waals surface area contributed by atoms with Crippen molar-refractivity contribution >= 4 is 23.2 Å². The fraction of sp³-hybridized carbons (Fsp3) is 0.333. The van der Waals surface area contributed by atoms with Crippen LogP contribution in [-0.4, -0.2) is 34.0 Å². The molecule has 0 unspecified atom stereocenters. The number of hydrogen-bond acceptors (Lipinski definition) is 4. The Balaban J connectivity index is 2.92. The molecule has 1 rings (SSSR count). The second-order valence-electron chi connectivity index (χ2n) is 4.20. The maximum absolute atomic E-state index is 11.4. The molecule has 0 aliphatic carbocycles. The quantitative estimate of drug-likeness (QED) is 0.562. The third-order valence-corrected chi connectivity index (χ3v) is 2.51. The highest BCUT2D eigenvalue weighted by Gasteiger charge is 2.23. The van der Waals surface area contributed by atoms with E-state index in [2.05, 4.69) is 10.5 Å². The van der Waals surface area contributed by atoms with Gasteiger partial charge in [0.1, 0.15) is 5.60 Å². The molecular formula is C12H15ClN2O3. The van der Waals surface area contributed by atoms with Gasteiger partial charge in [0, 0.05) is 10.6 Å². The van der Waals surface area contributed by atoms with E-state index in [0.29, 0.717) is 10.6 Å². The Hall–Kier alpha value is -1.43. The molecule has 0 radical (unpaired) electrons. The summed E-state index contributed by atoms with van der Waals surface area (Å²) in [5.74, 6) is -0.666. The number of aliphatic hydroxyl groups is 2. The molecule has 0 aromatic heterocycles. The van der Waals surface area contributed by atoms with E-state index in [1.54, 1.807) is 24.3 Å². The monoisotopic (exact) mass is 270 g/mol. The van der Waals surface area contributed by atoms with Crippen LogP contribution in [0, 0.1) is 0 Å². The Morgan fingerprint density at radius 1 is 1.44 bits per heavy atom. The molecule has 1 aromatic rings. The summed E-state index contributed by atoms with van der Waals surface area (Å²) in [6, 6.07) is 6.81. The summed E-state index contributed by atoms with van der Waals surface area (Å²) in [6.45, 7) is 2.30. The van der Waals surface area contributed by atoms with Crippen LogP contribution in [0.5, 0.6) is 0 Å². The summed E-state index contributed by atoms with van der Waals surface area (Å²) in [4.78, 5) is 11.4. The lowest BCUT2D eigenvalue weighted by Gasteiger charge is -2.14. The lowest BCUT2D eigenvalue weighted by molar-refractivity contribution is -0.136. The van der Waals surface area contributed by atoms with Gasteiger partial charge in [0.05, 0.1) is 12.3 Å². The predicted octanol–water partition coefficient (Wildman–Crippen LogP) is 0.923. The lowest BCUT2D eigenvalue weighted by Crippen LogP contribution is -2.40. The van der Waals surface area contributed by atoms with Crippen LogP contribution in [0.1, 0.15) is 19.4 Å². The Kier molecular flexibility index (Phi) is 4.84. The minimum atomic E-state index is -1.54. The van der Waals surface area contributed by atoms with Gasteiger partial charge in [0.25, 0.3) is 5.91 Å². The number of hydrogen-bond donors (Lipinski definition) is 3. The van der Waals surface area contributed by atoms with Crippen molar-refractivity contribution in [3.63, 3.8) is 0 Å². The van der Waals surface area contributed by atoms with E-state index in [4.69, 9.17) is 11.6 Å². The van der Waals surface area contributed by atoms with Crippen molar-refractivity contribution in [2.75, 3.05) is 6.61 Å². The van der Waals surface area contributed by atoms with E-state index < -0.39 is 11.5 Å². The molecule has 0 aliphatic rings. The standard InChI is InChI=1S/C12H15ClN2O3/c1-12(2,18)11(17)15-14-10(7-16)8-5-3-4-6-9(8)13/h3-6,16,18H,7H2,1-2H3,(H,15,17)/b14-10+. The second kappa shape index (κ2) is 5.95. The molecule has 0 spiro atoms. The predicted molar refractivity (Wildman–Crippen MR) is 69.5 cm³/mol. The van der Waals surface area contributed by atoms with Crippen LogP contribution in [0.15, 0.2) is 29.4 Å². The van der Waals surface area contributed by atoms with E-state index in [1.165, 1.54) is 13.8 Å². The fourth-order valence-electron chi connectivity index (χ4n) is 1.13. The van der Waals surface area contributed by atoms with E-state index >= 15 is 0 Å². The van der Waals surface area contributed by atoms with Gasteiger partial charge in [-0.1, -0.05) is 29.8 Å². The highest BCUT2D eigenvalue weighted by Crippen LogP contribution is 2.15. The zero-order chi connectivity index (χ0) is 13.8. The first-order chi connectivity index (χ1) is 8.36. The van der Waals surface area contributed by atoms with E-state index in [9.17, 15) is 15.0 Å². The molecule has 0 heterocycles. The number of hydrazone groups is 1. The van der Waals surface area contributed by atoms with Crippen LogP contribution in [0.2, 0.25) is 5.02 Å². The highest BCUT2D eigenvalue weighted by molar-refractivity contribution is 6.34. The third kappa shape index (κ3) is 3.80. The number of halogens is 1. The SMILES string of the molecule is CC(C)(O)C(=O)N/N=C(\CO)c1ccccc1Cl. The first kappa shape index (κ1) is 14.6. The minimum absolute atomic E-state index is 0.221. The molecule has 0 bridgehead atoms. The largest absolute Gasteiger partial charge is 0.390 e. The molecular weight excluding hydrogens is 256 g/mol. The third-order valence-electron chi connectivity index (χ3n) is 2.18. The average molecular weight is 271 g/mol. The van der Waals surface area contributed by atoms with Crippen LogP contribution in [-0.2, 0) is 4.79 Å². The molecule has 0 atom stereocenters. The number of aliphatic hydroxyl groups excluding tert-OH is 1. The first-order valence-corrected chi connectivity index (χ1v) is 5.69. The van der Waals surface area contributed by atoms with Gasteiger partial charge in [-0.2, -0.15) is 5.10 Å². The average Bonchev–Trinajstić information content (AvgIpc) is 2.30. The van der Waals surface area contributed by atoms with E-state index in [-0.39, 0.29) is 12.3 Å². The number of carbonyl (C=O) groups excluding carboxylic acids is 1. The van der Waals surface area contributed by atoms with Crippen molar-refractivity contribution in [3.05, 3.63) is 34.9 Å². The molecule has 3 N–H and O–H groups in total. The summed E-state index contributed by atoms with van der Waals surface area (Å²) in [5, 5.41) is 22.8. The van der Waals surface area contributed by atoms with Crippen molar-refractivity contribution in [1.29, 1.82) is 0 Å². The molecule has 0 aliphatic heterocycles. The van der Waals surface area contributed by atoms with Crippen LogP contribution in [0.25, 0.3) is 0 Å². The van der Waals surface area contributed by atoms with Crippen molar-refractivity contribution in [2.45, 2.75) is 19.4 Å². The summed E-state index contributed by atoms with van der Waals surface area (Å²) in [5.41, 5.74) is 1.39. The van der Waals surface area contributed by atoms with Gasteiger partial charge >= 0.3 is 0 Å². The number of carbonyl (C=O) groups is 1. The molecule has 0 saturated heterocycles. The maximum atomic E-state index is 11.4. The number of rotatable bonds is 4. The minimum Gasteiger partial charge on any atom is -0.390 e. The van der Waals surface area contributed by atoms with Gasteiger partial charge in [-0.25, -0.2) is 5.43 Å². The van der Waals surface area contributed by atoms with Crippen molar-refractivity contribution in [2.24, 2.45) is 5.10 Å². The summed E-state index contributed by atoms with van der Waals surface area (Å²) >= 11 is 5.95. The number of nitrogens with zero attached hydrogens (tertiary/aromatic N) is 1. The van der Waals surface area contributed by atoms with Crippen LogP contribution < -0.4 is 5.43 Å². The van der Waals surface area contributed by atoms with Gasteiger partial charge in [0.15, 0.2) is 0 Å². The Bertz CT molecular complexity index is 467. The maximum Gasteiger partial charge on any atom is 0.271 e.